The molecule has 1 aliphatic heterocycles. The summed E-state index contributed by atoms with van der Waals surface area (Å²) in [4.78, 5) is 4.52. The van der Waals surface area contributed by atoms with E-state index in [1.165, 1.54) is 6.07 Å². The van der Waals surface area contributed by atoms with Crippen molar-refractivity contribution in [3.63, 3.8) is 0 Å². The van der Waals surface area contributed by atoms with Gasteiger partial charge in [-0.2, -0.15) is 0 Å². The molecule has 1 aliphatic rings. The zero-order valence-electron chi connectivity index (χ0n) is 12.7. The molecule has 0 aromatic heterocycles. The van der Waals surface area contributed by atoms with E-state index in [2.05, 4.69) is 14.4 Å². The highest BCUT2D eigenvalue weighted by molar-refractivity contribution is 7.92. The lowest BCUT2D eigenvalue weighted by molar-refractivity contribution is 0.594. The van der Waals surface area contributed by atoms with Gasteiger partial charge in [0.05, 0.1) is 17.7 Å². The van der Waals surface area contributed by atoms with Gasteiger partial charge >= 0.3 is 0 Å². The molecule has 0 spiro atoms. The number of amidine groups is 1. The molecule has 0 atom stereocenters. The fourth-order valence-corrected chi connectivity index (χ4v) is 4.17. The third-order valence-electron chi connectivity index (χ3n) is 3.31. The van der Waals surface area contributed by atoms with E-state index >= 15 is 0 Å². The first kappa shape index (κ1) is 16.5. The van der Waals surface area contributed by atoms with Gasteiger partial charge < -0.3 is 0 Å². The van der Waals surface area contributed by atoms with Crippen LogP contribution in [0.3, 0.4) is 0 Å². The van der Waals surface area contributed by atoms with E-state index in [1.54, 1.807) is 42.5 Å². The van der Waals surface area contributed by atoms with Crippen molar-refractivity contribution in [1.29, 1.82) is 0 Å². The zero-order chi connectivity index (χ0) is 17.4. The Morgan fingerprint density at radius 1 is 1.12 bits per heavy atom. The highest BCUT2D eigenvalue weighted by Gasteiger charge is 2.29. The van der Waals surface area contributed by atoms with Crippen LogP contribution in [-0.2, 0) is 26.6 Å². The number of sulfonamides is 2. The second-order valence-corrected chi connectivity index (χ2v) is 8.74. The molecule has 0 unspecified atom stereocenters. The topological polar surface area (TPSA) is 105 Å². The Balaban J connectivity index is 1.86. The second-order valence-electron chi connectivity index (χ2n) is 5.34. The average molecular weight is 365 g/mol. The molecule has 0 saturated carbocycles. The van der Waals surface area contributed by atoms with Crippen LogP contribution in [0.2, 0.25) is 0 Å². The molecule has 3 rings (SSSR count). The Labute approximate surface area is 140 Å². The Bertz CT molecular complexity index is 1030. The molecule has 2 aromatic rings. The van der Waals surface area contributed by atoms with E-state index in [1.807, 2.05) is 0 Å². The summed E-state index contributed by atoms with van der Waals surface area (Å²) in [6.07, 6.45) is 1.07. The summed E-state index contributed by atoms with van der Waals surface area (Å²) >= 11 is 0. The van der Waals surface area contributed by atoms with E-state index in [-0.39, 0.29) is 17.3 Å². The lowest BCUT2D eigenvalue weighted by Gasteiger charge is -2.05. The van der Waals surface area contributed by atoms with Crippen LogP contribution in [0.25, 0.3) is 0 Å². The van der Waals surface area contributed by atoms with Gasteiger partial charge in [-0.3, -0.25) is 14.4 Å². The molecular formula is C15H15N3O4S2. The third kappa shape index (κ3) is 3.57. The minimum atomic E-state index is -3.56. The summed E-state index contributed by atoms with van der Waals surface area (Å²) in [5.74, 6) is 0.284. The molecule has 0 bridgehead atoms. The molecular weight excluding hydrogens is 350 g/mol. The SMILES string of the molecule is CS(=O)(=O)Nc1cccc(CN=C2NS(=O)(=O)c3ccccc32)c1. The van der Waals surface area contributed by atoms with Gasteiger partial charge in [0.15, 0.2) is 0 Å². The number of hydrogen-bond acceptors (Lipinski definition) is 5. The first-order valence-electron chi connectivity index (χ1n) is 6.98. The molecule has 7 nitrogen and oxygen atoms in total. The van der Waals surface area contributed by atoms with E-state index < -0.39 is 20.0 Å². The van der Waals surface area contributed by atoms with Crippen molar-refractivity contribution in [2.75, 3.05) is 11.0 Å². The van der Waals surface area contributed by atoms with Gasteiger partial charge in [0.25, 0.3) is 10.0 Å². The predicted molar refractivity (Wildman–Crippen MR) is 91.9 cm³/mol. The molecule has 24 heavy (non-hydrogen) atoms. The van der Waals surface area contributed by atoms with Crippen molar-refractivity contribution in [2.45, 2.75) is 11.4 Å². The van der Waals surface area contributed by atoms with Crippen LogP contribution in [0.4, 0.5) is 5.69 Å². The van der Waals surface area contributed by atoms with Gasteiger partial charge in [0.2, 0.25) is 10.0 Å². The molecule has 0 radical (unpaired) electrons. The van der Waals surface area contributed by atoms with Crippen LogP contribution in [-0.4, -0.2) is 28.9 Å². The standard InChI is InChI=1S/C15H15N3O4S2/c1-23(19,20)17-12-6-4-5-11(9-12)10-16-15-13-7-2-3-8-14(13)24(21,22)18-15/h2-9,17H,10H2,1H3,(H,16,18). The molecule has 0 fully saturated rings. The normalized spacial score (nSPS) is 17.3. The van der Waals surface area contributed by atoms with Crippen molar-refractivity contribution in [2.24, 2.45) is 4.99 Å². The zero-order valence-corrected chi connectivity index (χ0v) is 14.4. The molecule has 1 heterocycles. The molecule has 9 heteroatoms. The largest absolute Gasteiger partial charge is 0.284 e. The third-order valence-corrected chi connectivity index (χ3v) is 5.32. The summed E-state index contributed by atoms with van der Waals surface area (Å²) in [5.41, 5.74) is 1.71. The molecule has 0 amide bonds. The minimum absolute atomic E-state index is 0.205. The Kier molecular flexibility index (Phi) is 4.06. The number of aliphatic imine (C=N–C) groups is 1. The number of fused-ring (bicyclic) bond motifs is 1. The van der Waals surface area contributed by atoms with Gasteiger partial charge in [-0.15, -0.1) is 0 Å². The van der Waals surface area contributed by atoms with Gasteiger partial charge in [0.1, 0.15) is 5.84 Å². The fraction of sp³-hybridized carbons (Fsp3) is 0.133. The highest BCUT2D eigenvalue weighted by atomic mass is 32.2. The predicted octanol–water partition coefficient (Wildman–Crippen LogP) is 1.30. The summed E-state index contributed by atoms with van der Waals surface area (Å²) < 4.78 is 51.4. The number of nitrogens with zero attached hydrogens (tertiary/aromatic N) is 1. The maximum absolute atomic E-state index is 12.0. The summed E-state index contributed by atoms with van der Waals surface area (Å²) in [5, 5.41) is 0. The van der Waals surface area contributed by atoms with E-state index in [0.29, 0.717) is 11.3 Å². The van der Waals surface area contributed by atoms with E-state index in [0.717, 1.165) is 11.8 Å². The van der Waals surface area contributed by atoms with Crippen molar-refractivity contribution in [3.8, 4) is 0 Å². The van der Waals surface area contributed by atoms with Crippen molar-refractivity contribution in [3.05, 3.63) is 59.7 Å². The quantitative estimate of drug-likeness (QED) is 0.852. The lowest BCUT2D eigenvalue weighted by atomic mass is 10.2. The molecule has 0 aliphatic carbocycles. The Hall–Kier alpha value is -2.39. The molecule has 2 N–H and O–H groups in total. The van der Waals surface area contributed by atoms with Crippen molar-refractivity contribution in [1.82, 2.24) is 4.72 Å². The van der Waals surface area contributed by atoms with Gasteiger partial charge in [-0.05, 0) is 29.8 Å². The molecule has 126 valence electrons. The Morgan fingerprint density at radius 2 is 1.88 bits per heavy atom. The number of rotatable bonds is 4. The lowest BCUT2D eigenvalue weighted by Crippen LogP contribution is -2.22. The summed E-state index contributed by atoms with van der Waals surface area (Å²) in [6.45, 7) is 0.214. The van der Waals surface area contributed by atoms with Gasteiger partial charge in [0, 0.05) is 11.3 Å². The average Bonchev–Trinajstić information content (AvgIpc) is 2.76. The number of benzene rings is 2. The van der Waals surface area contributed by atoms with Gasteiger partial charge in [-0.1, -0.05) is 24.3 Å². The van der Waals surface area contributed by atoms with Crippen molar-refractivity contribution < 1.29 is 16.8 Å². The number of hydrogen-bond donors (Lipinski definition) is 2. The van der Waals surface area contributed by atoms with Crippen LogP contribution in [0.5, 0.6) is 0 Å². The Morgan fingerprint density at radius 3 is 2.62 bits per heavy atom. The number of nitrogens with one attached hydrogen (secondary N) is 2. The summed E-state index contributed by atoms with van der Waals surface area (Å²) in [7, 11) is -6.92. The second kappa shape index (κ2) is 5.91. The highest BCUT2D eigenvalue weighted by Crippen LogP contribution is 2.22. The van der Waals surface area contributed by atoms with Crippen LogP contribution in [0, 0.1) is 0 Å². The van der Waals surface area contributed by atoms with Crippen LogP contribution < -0.4 is 9.44 Å². The maximum atomic E-state index is 12.0. The summed E-state index contributed by atoms with van der Waals surface area (Å²) in [6, 6.07) is 13.4. The first-order valence-corrected chi connectivity index (χ1v) is 10.4. The van der Waals surface area contributed by atoms with Gasteiger partial charge in [-0.25, -0.2) is 16.8 Å². The first-order chi connectivity index (χ1) is 11.2. The molecule has 2 aromatic carbocycles. The van der Waals surface area contributed by atoms with Crippen LogP contribution >= 0.6 is 0 Å². The number of anilines is 1. The monoisotopic (exact) mass is 365 g/mol. The van der Waals surface area contributed by atoms with Crippen LogP contribution in [0.15, 0.2) is 58.4 Å². The maximum Gasteiger partial charge on any atom is 0.263 e. The minimum Gasteiger partial charge on any atom is -0.284 e. The van der Waals surface area contributed by atoms with Crippen LogP contribution in [0.1, 0.15) is 11.1 Å². The fourth-order valence-electron chi connectivity index (χ4n) is 2.37. The van der Waals surface area contributed by atoms with Crippen molar-refractivity contribution >= 4 is 31.6 Å². The molecule has 0 saturated heterocycles. The van der Waals surface area contributed by atoms with E-state index in [4.69, 9.17) is 0 Å². The smallest absolute Gasteiger partial charge is 0.263 e. The van der Waals surface area contributed by atoms with E-state index in [9.17, 15) is 16.8 Å².